The second kappa shape index (κ2) is 5.88. The van der Waals surface area contributed by atoms with E-state index in [1.165, 1.54) is 0 Å². The number of fused-ring (bicyclic) bond motifs is 2. The molecule has 0 amide bonds. The van der Waals surface area contributed by atoms with Crippen LogP contribution in [0.5, 0.6) is 5.88 Å². The summed E-state index contributed by atoms with van der Waals surface area (Å²) in [4.78, 5) is 12.2. The summed E-state index contributed by atoms with van der Waals surface area (Å²) >= 11 is 0. The molecule has 5 nitrogen and oxygen atoms in total. The van der Waals surface area contributed by atoms with E-state index in [1.54, 1.807) is 0 Å². The molecule has 5 heteroatoms. The highest BCUT2D eigenvalue weighted by atomic mass is 16.5. The van der Waals surface area contributed by atoms with E-state index in [0.717, 1.165) is 46.0 Å². The molecule has 0 unspecified atom stereocenters. The minimum Gasteiger partial charge on any atom is -0.494 e. The number of aliphatic imine (C=N–C) groups is 1. The standard InChI is InChI=1S/C21H17N3O2/c25-20-19(17-9-7-13-4-1-2-5-16(13)23-17)15-8-6-14(12-18(15)24-20)21-22-10-3-11-26-21/h1-2,4-9,12,24-25H,3,10-11H2. The van der Waals surface area contributed by atoms with Crippen molar-refractivity contribution in [3.8, 4) is 17.1 Å². The molecule has 1 aliphatic heterocycles. The van der Waals surface area contributed by atoms with Crippen LogP contribution < -0.4 is 0 Å². The molecule has 0 spiro atoms. The Labute approximate surface area is 150 Å². The van der Waals surface area contributed by atoms with E-state index in [0.29, 0.717) is 18.1 Å². The molecular weight excluding hydrogens is 326 g/mol. The number of hydrogen-bond donors (Lipinski definition) is 2. The Bertz CT molecular complexity index is 1160. The molecule has 4 aromatic rings. The Morgan fingerprint density at radius 2 is 1.96 bits per heavy atom. The van der Waals surface area contributed by atoms with Gasteiger partial charge in [0.15, 0.2) is 5.88 Å². The van der Waals surface area contributed by atoms with Crippen LogP contribution >= 0.6 is 0 Å². The van der Waals surface area contributed by atoms with Gasteiger partial charge in [-0.05, 0) is 24.3 Å². The summed E-state index contributed by atoms with van der Waals surface area (Å²) in [5.74, 6) is 0.782. The van der Waals surface area contributed by atoms with Crippen molar-refractivity contribution in [1.82, 2.24) is 9.97 Å². The number of nitrogens with one attached hydrogen (secondary N) is 1. The molecule has 3 heterocycles. The lowest BCUT2D eigenvalue weighted by Gasteiger charge is -2.13. The molecule has 0 fully saturated rings. The van der Waals surface area contributed by atoms with Crippen LogP contribution in [0.3, 0.4) is 0 Å². The molecule has 128 valence electrons. The van der Waals surface area contributed by atoms with Gasteiger partial charge in [0.05, 0.1) is 23.4 Å². The van der Waals surface area contributed by atoms with Gasteiger partial charge in [0.25, 0.3) is 0 Å². The molecule has 0 atom stereocenters. The summed E-state index contributed by atoms with van der Waals surface area (Å²) in [5.41, 5.74) is 4.11. The summed E-state index contributed by atoms with van der Waals surface area (Å²) in [7, 11) is 0. The zero-order valence-electron chi connectivity index (χ0n) is 14.1. The summed E-state index contributed by atoms with van der Waals surface area (Å²) in [6, 6.07) is 17.8. The highest BCUT2D eigenvalue weighted by molar-refractivity contribution is 6.03. The third kappa shape index (κ3) is 2.40. The molecule has 0 aliphatic carbocycles. The van der Waals surface area contributed by atoms with Crippen molar-refractivity contribution >= 4 is 27.7 Å². The zero-order valence-corrected chi connectivity index (χ0v) is 14.1. The highest BCUT2D eigenvalue weighted by Crippen LogP contribution is 2.36. The number of nitrogens with zero attached hydrogens (tertiary/aromatic N) is 2. The van der Waals surface area contributed by atoms with Crippen LogP contribution in [-0.2, 0) is 4.74 Å². The maximum absolute atomic E-state index is 10.5. The van der Waals surface area contributed by atoms with Gasteiger partial charge >= 0.3 is 0 Å². The number of rotatable bonds is 2. The van der Waals surface area contributed by atoms with Gasteiger partial charge in [-0.3, -0.25) is 4.99 Å². The Hall–Kier alpha value is -3.34. The fraction of sp³-hybridized carbons (Fsp3) is 0.143. The molecule has 2 aromatic carbocycles. The van der Waals surface area contributed by atoms with Crippen LogP contribution in [0.1, 0.15) is 12.0 Å². The van der Waals surface area contributed by atoms with Gasteiger partial charge in [-0.25, -0.2) is 4.98 Å². The fourth-order valence-electron chi connectivity index (χ4n) is 3.42. The van der Waals surface area contributed by atoms with Gasteiger partial charge < -0.3 is 14.8 Å². The zero-order chi connectivity index (χ0) is 17.5. The average Bonchev–Trinajstić information content (AvgIpc) is 3.03. The molecule has 2 aromatic heterocycles. The number of H-pyrrole nitrogens is 1. The molecule has 0 saturated heterocycles. The lowest BCUT2D eigenvalue weighted by molar-refractivity contribution is 0.284. The van der Waals surface area contributed by atoms with Gasteiger partial charge in [0.1, 0.15) is 0 Å². The summed E-state index contributed by atoms with van der Waals surface area (Å²) < 4.78 is 5.64. The normalized spacial score (nSPS) is 14.4. The topological polar surface area (TPSA) is 70.5 Å². The van der Waals surface area contributed by atoms with E-state index < -0.39 is 0 Å². The molecule has 5 rings (SSSR count). The monoisotopic (exact) mass is 343 g/mol. The third-order valence-corrected chi connectivity index (χ3v) is 4.68. The van der Waals surface area contributed by atoms with E-state index in [4.69, 9.17) is 9.72 Å². The van der Waals surface area contributed by atoms with E-state index >= 15 is 0 Å². The molecule has 0 saturated carbocycles. The largest absolute Gasteiger partial charge is 0.494 e. The number of aromatic hydroxyl groups is 1. The van der Waals surface area contributed by atoms with Gasteiger partial charge in [0, 0.05) is 34.8 Å². The minimum absolute atomic E-state index is 0.117. The quantitative estimate of drug-likeness (QED) is 0.571. The van der Waals surface area contributed by atoms with Crippen molar-refractivity contribution in [2.45, 2.75) is 6.42 Å². The van der Waals surface area contributed by atoms with Crippen molar-refractivity contribution in [3.63, 3.8) is 0 Å². The van der Waals surface area contributed by atoms with Gasteiger partial charge in [-0.15, -0.1) is 0 Å². The first kappa shape index (κ1) is 15.0. The van der Waals surface area contributed by atoms with Crippen LogP contribution in [0.4, 0.5) is 0 Å². The Morgan fingerprint density at radius 3 is 2.85 bits per heavy atom. The van der Waals surface area contributed by atoms with Crippen molar-refractivity contribution in [1.29, 1.82) is 0 Å². The lowest BCUT2D eigenvalue weighted by atomic mass is 10.1. The van der Waals surface area contributed by atoms with E-state index in [2.05, 4.69) is 9.98 Å². The van der Waals surface area contributed by atoms with Gasteiger partial charge in [-0.1, -0.05) is 30.3 Å². The maximum Gasteiger partial charge on any atom is 0.216 e. The number of benzene rings is 2. The SMILES string of the molecule is Oc1[nH]c2cc(C3=NCCCO3)ccc2c1-c1ccc2ccccc2n1. The number of ether oxygens (including phenoxy) is 1. The van der Waals surface area contributed by atoms with Crippen molar-refractivity contribution < 1.29 is 9.84 Å². The van der Waals surface area contributed by atoms with Crippen LogP contribution in [-0.4, -0.2) is 34.1 Å². The maximum atomic E-state index is 10.5. The van der Waals surface area contributed by atoms with E-state index in [1.807, 2.05) is 54.6 Å². The molecule has 0 bridgehead atoms. The van der Waals surface area contributed by atoms with Crippen molar-refractivity contribution in [2.75, 3.05) is 13.2 Å². The van der Waals surface area contributed by atoms with Crippen molar-refractivity contribution in [2.24, 2.45) is 4.99 Å². The molecule has 1 aliphatic rings. The second-order valence-electron chi connectivity index (χ2n) is 6.39. The molecule has 2 N–H and O–H groups in total. The third-order valence-electron chi connectivity index (χ3n) is 4.68. The van der Waals surface area contributed by atoms with Crippen LogP contribution in [0.15, 0.2) is 59.6 Å². The molecular formula is C21H17N3O2. The van der Waals surface area contributed by atoms with Crippen LogP contribution in [0.25, 0.3) is 33.1 Å². The Morgan fingerprint density at radius 1 is 1.04 bits per heavy atom. The van der Waals surface area contributed by atoms with Crippen molar-refractivity contribution in [3.05, 3.63) is 60.2 Å². The van der Waals surface area contributed by atoms with Crippen LogP contribution in [0.2, 0.25) is 0 Å². The Kier molecular flexibility index (Phi) is 3.38. The van der Waals surface area contributed by atoms with E-state index in [9.17, 15) is 5.11 Å². The predicted octanol–water partition coefficient (Wildman–Crippen LogP) is 4.26. The first-order valence-corrected chi connectivity index (χ1v) is 8.68. The van der Waals surface area contributed by atoms with Gasteiger partial charge in [0.2, 0.25) is 5.90 Å². The highest BCUT2D eigenvalue weighted by Gasteiger charge is 2.17. The molecule has 26 heavy (non-hydrogen) atoms. The van der Waals surface area contributed by atoms with Gasteiger partial charge in [-0.2, -0.15) is 0 Å². The number of pyridine rings is 1. The second-order valence-corrected chi connectivity index (χ2v) is 6.39. The Balaban J connectivity index is 1.65. The lowest BCUT2D eigenvalue weighted by Crippen LogP contribution is -2.14. The average molecular weight is 343 g/mol. The number of aromatic nitrogens is 2. The number of para-hydroxylation sites is 1. The number of hydrogen-bond acceptors (Lipinski definition) is 4. The van der Waals surface area contributed by atoms with E-state index in [-0.39, 0.29) is 5.88 Å². The number of aromatic amines is 1. The predicted molar refractivity (Wildman–Crippen MR) is 103 cm³/mol. The summed E-state index contributed by atoms with van der Waals surface area (Å²) in [6.07, 6.45) is 0.951. The smallest absolute Gasteiger partial charge is 0.216 e. The fourth-order valence-corrected chi connectivity index (χ4v) is 3.42. The minimum atomic E-state index is 0.117. The summed E-state index contributed by atoms with van der Waals surface area (Å²) in [5, 5.41) is 12.5. The first-order valence-electron chi connectivity index (χ1n) is 8.68. The van der Waals surface area contributed by atoms with Crippen LogP contribution in [0, 0.1) is 0 Å². The summed E-state index contributed by atoms with van der Waals surface area (Å²) in [6.45, 7) is 1.48. The molecule has 0 radical (unpaired) electrons. The first-order chi connectivity index (χ1) is 12.8.